The molecule has 2 heterocycles. The Balaban J connectivity index is 1.68. The molecule has 1 fully saturated rings. The summed E-state index contributed by atoms with van der Waals surface area (Å²) in [7, 11) is 0. The SMILES string of the molecule is CC=C(C)c1cc(Nc2nccc(C(F)(F)F)n2)cc(-c2cnc(C3(O)CCC(C(=O)O)C(C)(C)C3)s2)c1. The van der Waals surface area contributed by atoms with E-state index in [-0.39, 0.29) is 18.8 Å². The molecule has 1 aromatic carbocycles. The summed E-state index contributed by atoms with van der Waals surface area (Å²) in [5.41, 5.74) is 0.140. The minimum absolute atomic E-state index is 0.183. The third kappa shape index (κ3) is 5.73. The highest BCUT2D eigenvalue weighted by Crippen LogP contribution is 2.51. The van der Waals surface area contributed by atoms with Crippen LogP contribution >= 0.6 is 11.3 Å². The number of aromatic nitrogens is 3. The minimum atomic E-state index is -4.59. The van der Waals surface area contributed by atoms with E-state index in [1.807, 2.05) is 39.8 Å². The Morgan fingerprint density at radius 2 is 1.97 bits per heavy atom. The number of aliphatic carboxylic acids is 1. The van der Waals surface area contributed by atoms with Crippen molar-refractivity contribution in [3.63, 3.8) is 0 Å². The lowest BCUT2D eigenvalue weighted by Crippen LogP contribution is -2.44. The van der Waals surface area contributed by atoms with Crippen molar-refractivity contribution >= 4 is 34.5 Å². The van der Waals surface area contributed by atoms with Crippen LogP contribution in [0.15, 0.2) is 42.7 Å². The Kier molecular flexibility index (Phi) is 7.37. The molecular formula is C27H29F3N4O3S. The fourth-order valence-corrected chi connectivity index (χ4v) is 5.96. The van der Waals surface area contributed by atoms with E-state index in [4.69, 9.17) is 0 Å². The monoisotopic (exact) mass is 546 g/mol. The second kappa shape index (κ2) is 10.1. The minimum Gasteiger partial charge on any atom is -0.481 e. The van der Waals surface area contributed by atoms with Gasteiger partial charge in [0, 0.05) is 18.1 Å². The van der Waals surface area contributed by atoms with Gasteiger partial charge in [0.1, 0.15) is 16.3 Å². The standard InChI is InChI=1S/C27H29F3N4O3S/c1-5-15(2)16-10-17(12-18(11-16)33-24-31-9-7-21(34-24)27(28,29)30)20-13-32-23(38-20)26(37)8-6-19(22(35)36)25(3,4)14-26/h5,7,9-13,19,37H,6,8,14H2,1-4H3,(H,35,36)(H,31,33,34). The van der Waals surface area contributed by atoms with Crippen LogP contribution in [-0.4, -0.2) is 31.1 Å². The quantitative estimate of drug-likeness (QED) is 0.309. The molecule has 3 N–H and O–H groups in total. The lowest BCUT2D eigenvalue weighted by atomic mass is 9.63. The van der Waals surface area contributed by atoms with Crippen LogP contribution in [0.2, 0.25) is 0 Å². The van der Waals surface area contributed by atoms with Crippen LogP contribution in [-0.2, 0) is 16.6 Å². The van der Waals surface area contributed by atoms with Gasteiger partial charge in [-0.2, -0.15) is 13.2 Å². The average Bonchev–Trinajstić information content (AvgIpc) is 3.33. The summed E-state index contributed by atoms with van der Waals surface area (Å²) in [5, 5.41) is 24.4. The Bertz CT molecular complexity index is 1390. The number of benzene rings is 1. The lowest BCUT2D eigenvalue weighted by Gasteiger charge is -2.44. The molecule has 0 aliphatic heterocycles. The van der Waals surface area contributed by atoms with Gasteiger partial charge in [-0.3, -0.25) is 4.79 Å². The second-order valence-corrected chi connectivity index (χ2v) is 11.3. The van der Waals surface area contributed by atoms with E-state index in [1.165, 1.54) is 11.3 Å². The number of rotatable bonds is 6. The van der Waals surface area contributed by atoms with Crippen LogP contribution in [0, 0.1) is 11.3 Å². The molecule has 7 nitrogen and oxygen atoms in total. The first-order valence-corrected chi connectivity index (χ1v) is 12.9. The van der Waals surface area contributed by atoms with Crippen molar-refractivity contribution < 1.29 is 28.2 Å². The van der Waals surface area contributed by atoms with Gasteiger partial charge < -0.3 is 15.5 Å². The van der Waals surface area contributed by atoms with Crippen LogP contribution in [0.5, 0.6) is 0 Å². The van der Waals surface area contributed by atoms with Gasteiger partial charge in [0.15, 0.2) is 0 Å². The van der Waals surface area contributed by atoms with Crippen molar-refractivity contribution in [2.75, 3.05) is 5.32 Å². The number of anilines is 2. The zero-order valence-electron chi connectivity index (χ0n) is 21.4. The maximum atomic E-state index is 13.1. The number of hydrogen-bond acceptors (Lipinski definition) is 7. The fourth-order valence-electron chi connectivity index (χ4n) is 4.94. The predicted molar refractivity (Wildman–Crippen MR) is 140 cm³/mol. The number of carbonyl (C=O) groups is 1. The topological polar surface area (TPSA) is 108 Å². The highest BCUT2D eigenvalue weighted by Gasteiger charge is 2.49. The van der Waals surface area contributed by atoms with Gasteiger partial charge in [-0.25, -0.2) is 15.0 Å². The van der Waals surface area contributed by atoms with Crippen molar-refractivity contribution in [2.45, 2.75) is 58.7 Å². The lowest BCUT2D eigenvalue weighted by molar-refractivity contribution is -0.154. The number of halogens is 3. The Labute approximate surface area is 222 Å². The van der Waals surface area contributed by atoms with E-state index in [0.29, 0.717) is 17.1 Å². The molecule has 38 heavy (non-hydrogen) atoms. The molecule has 0 amide bonds. The number of nitrogens with one attached hydrogen (secondary N) is 1. The molecule has 1 aliphatic carbocycles. The molecule has 2 aromatic heterocycles. The molecule has 3 aromatic rings. The first-order valence-electron chi connectivity index (χ1n) is 12.1. The summed E-state index contributed by atoms with van der Waals surface area (Å²) in [4.78, 5) is 24.5. The summed E-state index contributed by atoms with van der Waals surface area (Å²) in [6.45, 7) is 7.51. The molecule has 0 radical (unpaired) electrons. The van der Waals surface area contributed by atoms with Crippen molar-refractivity contribution in [2.24, 2.45) is 11.3 Å². The first-order chi connectivity index (χ1) is 17.7. The van der Waals surface area contributed by atoms with Gasteiger partial charge >= 0.3 is 12.1 Å². The molecule has 1 aliphatic rings. The highest BCUT2D eigenvalue weighted by molar-refractivity contribution is 7.15. The summed E-state index contributed by atoms with van der Waals surface area (Å²) in [6.07, 6.45) is 0.937. The molecular weight excluding hydrogens is 517 g/mol. The number of nitrogens with zero attached hydrogens (tertiary/aromatic N) is 3. The van der Waals surface area contributed by atoms with Crippen LogP contribution in [0.1, 0.15) is 63.2 Å². The van der Waals surface area contributed by atoms with Crippen molar-refractivity contribution in [3.8, 4) is 10.4 Å². The third-order valence-electron chi connectivity index (χ3n) is 7.05. The molecule has 0 bridgehead atoms. The van der Waals surface area contributed by atoms with E-state index < -0.39 is 34.8 Å². The van der Waals surface area contributed by atoms with Crippen molar-refractivity contribution in [3.05, 3.63) is 59.0 Å². The molecule has 2 unspecified atom stereocenters. The number of hydrogen-bond donors (Lipinski definition) is 3. The molecule has 0 saturated heterocycles. The van der Waals surface area contributed by atoms with Crippen molar-refractivity contribution in [1.29, 1.82) is 0 Å². The second-order valence-electron chi connectivity index (χ2n) is 10.3. The number of carboxylic acids is 1. The number of alkyl halides is 3. The van der Waals surface area contributed by atoms with Gasteiger partial charge in [0.05, 0.1) is 10.8 Å². The van der Waals surface area contributed by atoms with Gasteiger partial charge in [-0.05, 0) is 79.5 Å². The highest BCUT2D eigenvalue weighted by atomic mass is 32.1. The van der Waals surface area contributed by atoms with Crippen molar-refractivity contribution in [1.82, 2.24) is 15.0 Å². The average molecular weight is 547 g/mol. The summed E-state index contributed by atoms with van der Waals surface area (Å²) in [6, 6.07) is 6.32. The van der Waals surface area contributed by atoms with Gasteiger partial charge in [-0.15, -0.1) is 11.3 Å². The van der Waals surface area contributed by atoms with Crippen LogP contribution in [0.3, 0.4) is 0 Å². The van der Waals surface area contributed by atoms with E-state index in [0.717, 1.165) is 33.8 Å². The molecule has 0 spiro atoms. The maximum absolute atomic E-state index is 13.1. The van der Waals surface area contributed by atoms with E-state index >= 15 is 0 Å². The van der Waals surface area contributed by atoms with Crippen LogP contribution in [0.25, 0.3) is 16.0 Å². The normalized spacial score (nSPS) is 21.8. The molecule has 11 heteroatoms. The van der Waals surface area contributed by atoms with Crippen LogP contribution < -0.4 is 5.32 Å². The van der Waals surface area contributed by atoms with Gasteiger partial charge in [0.25, 0.3) is 0 Å². The third-order valence-corrected chi connectivity index (χ3v) is 8.29. The molecule has 4 rings (SSSR count). The number of carboxylic acid groups (broad SMARTS) is 1. The zero-order chi connectivity index (χ0) is 27.9. The van der Waals surface area contributed by atoms with Crippen LogP contribution in [0.4, 0.5) is 24.8 Å². The van der Waals surface area contributed by atoms with Gasteiger partial charge in [0.2, 0.25) is 5.95 Å². The Hall–Kier alpha value is -3.31. The molecule has 202 valence electrons. The van der Waals surface area contributed by atoms with E-state index in [9.17, 15) is 28.2 Å². The summed E-state index contributed by atoms with van der Waals surface area (Å²) >= 11 is 1.31. The number of allylic oxidation sites excluding steroid dienone is 2. The smallest absolute Gasteiger partial charge is 0.433 e. The van der Waals surface area contributed by atoms with E-state index in [2.05, 4.69) is 20.3 Å². The largest absolute Gasteiger partial charge is 0.481 e. The van der Waals surface area contributed by atoms with E-state index in [1.54, 1.807) is 18.3 Å². The Morgan fingerprint density at radius 1 is 1.24 bits per heavy atom. The summed E-state index contributed by atoms with van der Waals surface area (Å²) in [5.74, 6) is -1.59. The van der Waals surface area contributed by atoms with Gasteiger partial charge in [-0.1, -0.05) is 19.9 Å². The number of thiazole rings is 1. The fraction of sp³-hybridized carbons (Fsp3) is 0.407. The maximum Gasteiger partial charge on any atom is 0.433 e. The number of aliphatic hydroxyl groups is 1. The molecule has 1 saturated carbocycles. The predicted octanol–water partition coefficient (Wildman–Crippen LogP) is 6.88. The zero-order valence-corrected chi connectivity index (χ0v) is 22.2. The molecule has 2 atom stereocenters. The Morgan fingerprint density at radius 3 is 2.61 bits per heavy atom. The summed E-state index contributed by atoms with van der Waals surface area (Å²) < 4.78 is 39.4. The first kappa shape index (κ1) is 27.7.